The molecule has 0 radical (unpaired) electrons. The summed E-state index contributed by atoms with van der Waals surface area (Å²) in [6, 6.07) is 1.81. The van der Waals surface area contributed by atoms with Crippen LogP contribution in [-0.4, -0.2) is 26.8 Å². The first-order valence-corrected chi connectivity index (χ1v) is 7.68. The number of pyridine rings is 1. The number of aromatic nitrogens is 3. The van der Waals surface area contributed by atoms with Gasteiger partial charge in [0.2, 0.25) is 0 Å². The van der Waals surface area contributed by atoms with Gasteiger partial charge in [-0.3, -0.25) is 14.1 Å². The van der Waals surface area contributed by atoms with Crippen molar-refractivity contribution in [1.29, 1.82) is 0 Å². The molecule has 0 fully saturated rings. The van der Waals surface area contributed by atoms with Gasteiger partial charge in [-0.2, -0.15) is 0 Å². The monoisotopic (exact) mass is 317 g/mol. The summed E-state index contributed by atoms with van der Waals surface area (Å²) in [5.74, 6) is 0. The first-order chi connectivity index (χ1) is 11.0. The first kappa shape index (κ1) is 16.8. The summed E-state index contributed by atoms with van der Waals surface area (Å²) in [6.45, 7) is 6.68. The van der Waals surface area contributed by atoms with Gasteiger partial charge in [0, 0.05) is 25.0 Å². The van der Waals surface area contributed by atoms with E-state index in [0.29, 0.717) is 18.8 Å². The number of carboxylic acid groups (broad SMARTS) is 1. The Balaban J connectivity index is 1.98. The summed E-state index contributed by atoms with van der Waals surface area (Å²) in [6.07, 6.45) is 5.54. The van der Waals surface area contributed by atoms with Crippen molar-refractivity contribution >= 4 is 22.8 Å². The third-order valence-corrected chi connectivity index (χ3v) is 3.69. The molecular formula is C16H21N4O3-. The van der Waals surface area contributed by atoms with E-state index in [1.807, 2.05) is 6.07 Å². The summed E-state index contributed by atoms with van der Waals surface area (Å²) in [5, 5.41) is 12.4. The summed E-state index contributed by atoms with van der Waals surface area (Å²) < 4.78 is 3.32. The Morgan fingerprint density at radius 2 is 2.04 bits per heavy atom. The molecule has 1 N–H and O–H groups in total. The smallest absolute Gasteiger partial charge is 0.333 e. The van der Waals surface area contributed by atoms with Gasteiger partial charge in [0.1, 0.15) is 6.09 Å². The highest BCUT2D eigenvalue weighted by Gasteiger charge is 2.12. The molecule has 0 saturated carbocycles. The molecule has 2 aromatic rings. The Kier molecular flexibility index (Phi) is 5.56. The highest BCUT2D eigenvalue weighted by molar-refractivity contribution is 5.78. The lowest BCUT2D eigenvalue weighted by molar-refractivity contribution is -0.250. The molecule has 2 aromatic heterocycles. The van der Waals surface area contributed by atoms with Crippen molar-refractivity contribution in [2.75, 3.05) is 6.54 Å². The molecule has 0 atom stereocenters. The van der Waals surface area contributed by atoms with E-state index >= 15 is 0 Å². The molecule has 0 bridgehead atoms. The van der Waals surface area contributed by atoms with Crippen molar-refractivity contribution in [3.8, 4) is 0 Å². The van der Waals surface area contributed by atoms with Gasteiger partial charge >= 0.3 is 5.69 Å². The van der Waals surface area contributed by atoms with Gasteiger partial charge in [-0.15, -0.1) is 0 Å². The number of fused-ring (bicyclic) bond motifs is 1. The maximum atomic E-state index is 12.5. The number of amides is 1. The molecule has 0 aliphatic rings. The van der Waals surface area contributed by atoms with Crippen LogP contribution in [-0.2, 0) is 6.54 Å². The molecular weight excluding hydrogens is 296 g/mol. The first-order valence-electron chi connectivity index (χ1n) is 7.68. The van der Waals surface area contributed by atoms with E-state index in [2.05, 4.69) is 16.9 Å². The molecule has 124 valence electrons. The van der Waals surface area contributed by atoms with Gasteiger partial charge in [0.25, 0.3) is 0 Å². The standard InChI is InChI=1S/C16H22N4O3/c1-12(2)20-13-7-9-17-11-14(13)19(16(20)23)10-6-4-3-5-8-18-15(21)22/h7,9,11,18H,1,3-6,8,10H2,2H3,(H,21,22)/p-1. The van der Waals surface area contributed by atoms with E-state index < -0.39 is 6.09 Å². The zero-order valence-corrected chi connectivity index (χ0v) is 13.2. The Morgan fingerprint density at radius 3 is 2.74 bits per heavy atom. The fourth-order valence-corrected chi connectivity index (χ4v) is 2.63. The number of nitrogens with one attached hydrogen (secondary N) is 1. The van der Waals surface area contributed by atoms with Crippen molar-refractivity contribution in [2.45, 2.75) is 39.2 Å². The molecule has 0 saturated heterocycles. The number of hydrogen-bond donors (Lipinski definition) is 1. The molecule has 0 aliphatic carbocycles. The normalized spacial score (nSPS) is 10.8. The highest BCUT2D eigenvalue weighted by atomic mass is 16.4. The number of allylic oxidation sites excluding steroid dienone is 1. The molecule has 2 heterocycles. The fraction of sp³-hybridized carbons (Fsp3) is 0.438. The Labute approximate surface area is 134 Å². The Hall–Kier alpha value is -2.57. The Bertz CT molecular complexity index is 760. The highest BCUT2D eigenvalue weighted by Crippen LogP contribution is 2.15. The van der Waals surface area contributed by atoms with E-state index in [1.165, 1.54) is 0 Å². The average molecular weight is 317 g/mol. The van der Waals surface area contributed by atoms with E-state index in [-0.39, 0.29) is 5.69 Å². The van der Waals surface area contributed by atoms with Crippen LogP contribution in [0.15, 0.2) is 29.8 Å². The number of carbonyl (C=O) groups excluding carboxylic acids is 1. The molecule has 1 amide bonds. The van der Waals surface area contributed by atoms with Gasteiger partial charge in [-0.25, -0.2) is 4.79 Å². The number of unbranched alkanes of at least 4 members (excludes halogenated alkanes) is 3. The molecule has 2 rings (SSSR count). The number of hydrogen-bond acceptors (Lipinski definition) is 4. The number of rotatable bonds is 8. The minimum atomic E-state index is -1.24. The number of aryl methyl sites for hydroxylation is 1. The van der Waals surface area contributed by atoms with Crippen LogP contribution >= 0.6 is 0 Å². The average Bonchev–Trinajstić information content (AvgIpc) is 2.78. The van der Waals surface area contributed by atoms with Crippen molar-refractivity contribution in [2.24, 2.45) is 0 Å². The van der Waals surface area contributed by atoms with Crippen molar-refractivity contribution < 1.29 is 9.90 Å². The lowest BCUT2D eigenvalue weighted by Gasteiger charge is -2.06. The lowest BCUT2D eigenvalue weighted by atomic mass is 10.2. The summed E-state index contributed by atoms with van der Waals surface area (Å²) in [4.78, 5) is 26.8. The van der Waals surface area contributed by atoms with Crippen molar-refractivity contribution in [3.63, 3.8) is 0 Å². The SMILES string of the molecule is C=C(C)n1c(=O)n(CCCCCCNC(=O)[O-])c2cnccc21. The van der Waals surface area contributed by atoms with Crippen LogP contribution in [0.1, 0.15) is 32.6 Å². The van der Waals surface area contributed by atoms with Gasteiger partial charge in [-0.1, -0.05) is 19.4 Å². The second kappa shape index (κ2) is 7.62. The molecule has 7 nitrogen and oxygen atoms in total. The van der Waals surface area contributed by atoms with Crippen LogP contribution in [0.4, 0.5) is 4.79 Å². The second-order valence-corrected chi connectivity index (χ2v) is 5.50. The molecule has 0 unspecified atom stereocenters. The maximum absolute atomic E-state index is 12.5. The zero-order chi connectivity index (χ0) is 16.8. The largest absolute Gasteiger partial charge is 0.530 e. The van der Waals surface area contributed by atoms with Crippen LogP contribution in [0, 0.1) is 0 Å². The van der Waals surface area contributed by atoms with Crippen LogP contribution in [0.3, 0.4) is 0 Å². The van der Waals surface area contributed by atoms with E-state index in [0.717, 1.165) is 36.7 Å². The van der Waals surface area contributed by atoms with E-state index in [4.69, 9.17) is 0 Å². The second-order valence-electron chi connectivity index (χ2n) is 5.50. The van der Waals surface area contributed by atoms with Crippen LogP contribution in [0.5, 0.6) is 0 Å². The predicted octanol–water partition coefficient (Wildman–Crippen LogP) is 1.18. The summed E-state index contributed by atoms with van der Waals surface area (Å²) >= 11 is 0. The zero-order valence-electron chi connectivity index (χ0n) is 13.2. The fourth-order valence-electron chi connectivity index (χ4n) is 2.63. The van der Waals surface area contributed by atoms with Gasteiger partial charge in [0.05, 0.1) is 17.2 Å². The summed E-state index contributed by atoms with van der Waals surface area (Å²) in [5.41, 5.74) is 2.20. The van der Waals surface area contributed by atoms with Gasteiger partial charge < -0.3 is 15.2 Å². The van der Waals surface area contributed by atoms with Crippen LogP contribution in [0.2, 0.25) is 0 Å². The van der Waals surface area contributed by atoms with Gasteiger partial charge in [-0.05, 0) is 25.8 Å². The minimum absolute atomic E-state index is 0.0980. The molecule has 23 heavy (non-hydrogen) atoms. The maximum Gasteiger partial charge on any atom is 0.333 e. The van der Waals surface area contributed by atoms with Crippen LogP contribution < -0.4 is 16.1 Å². The quantitative estimate of drug-likeness (QED) is 0.740. The third kappa shape index (κ3) is 4.00. The van der Waals surface area contributed by atoms with Gasteiger partial charge in [0.15, 0.2) is 0 Å². The molecule has 0 aliphatic heterocycles. The van der Waals surface area contributed by atoms with Crippen molar-refractivity contribution in [3.05, 3.63) is 35.5 Å². The number of carbonyl (C=O) groups is 1. The third-order valence-electron chi connectivity index (χ3n) is 3.69. The molecule has 0 spiro atoms. The Morgan fingerprint density at radius 1 is 1.30 bits per heavy atom. The number of nitrogens with zero attached hydrogens (tertiary/aromatic N) is 3. The molecule has 7 heteroatoms. The lowest BCUT2D eigenvalue weighted by Crippen LogP contribution is -2.36. The predicted molar refractivity (Wildman–Crippen MR) is 86.9 cm³/mol. The topological polar surface area (TPSA) is 92.0 Å². The number of imidazole rings is 1. The van der Waals surface area contributed by atoms with Crippen molar-refractivity contribution in [1.82, 2.24) is 19.4 Å². The molecule has 0 aromatic carbocycles. The minimum Gasteiger partial charge on any atom is -0.530 e. The van der Waals surface area contributed by atoms with Crippen LogP contribution in [0.25, 0.3) is 16.7 Å². The van der Waals surface area contributed by atoms with E-state index in [9.17, 15) is 14.7 Å². The summed E-state index contributed by atoms with van der Waals surface area (Å²) in [7, 11) is 0. The van der Waals surface area contributed by atoms with E-state index in [1.54, 1.807) is 28.5 Å².